The fourth-order valence-corrected chi connectivity index (χ4v) is 2.61. The summed E-state index contributed by atoms with van der Waals surface area (Å²) in [6.07, 6.45) is 3.83. The summed E-state index contributed by atoms with van der Waals surface area (Å²) in [5, 5.41) is 3.42. The first kappa shape index (κ1) is 14.2. The molecule has 102 valence electrons. The highest BCUT2D eigenvalue weighted by Crippen LogP contribution is 2.22. The molecule has 2 rings (SSSR count). The van der Waals surface area contributed by atoms with Gasteiger partial charge in [-0.25, -0.2) is 4.98 Å². The molecular weight excluding hydrogens is 254 g/mol. The lowest BCUT2D eigenvalue weighted by Gasteiger charge is -2.08. The van der Waals surface area contributed by atoms with Crippen molar-refractivity contribution < 1.29 is 0 Å². The molecule has 2 aromatic rings. The quantitative estimate of drug-likeness (QED) is 0.821. The summed E-state index contributed by atoms with van der Waals surface area (Å²) >= 11 is 1.82. The Bertz CT molecular complexity index is 502. The number of thioether (sulfide) groups is 1. The van der Waals surface area contributed by atoms with Crippen LogP contribution in [0.5, 0.6) is 0 Å². The second-order valence-electron chi connectivity index (χ2n) is 4.92. The molecule has 0 saturated carbocycles. The standard InChI is InChI=1S/C15H21N3S/c1-12(2)17-10-13-4-6-14(7-5-13)19-11-15-16-8-9-18(15)3/h4-9,12,17H,10-11H2,1-3H3. The van der Waals surface area contributed by atoms with Gasteiger partial charge in [-0.15, -0.1) is 11.8 Å². The Morgan fingerprint density at radius 1 is 1.26 bits per heavy atom. The predicted molar refractivity (Wildman–Crippen MR) is 81.2 cm³/mol. The number of aromatic nitrogens is 2. The van der Waals surface area contributed by atoms with Gasteiger partial charge in [0.1, 0.15) is 5.82 Å². The molecule has 0 aliphatic carbocycles. The second-order valence-corrected chi connectivity index (χ2v) is 5.97. The van der Waals surface area contributed by atoms with E-state index in [9.17, 15) is 0 Å². The van der Waals surface area contributed by atoms with Crippen molar-refractivity contribution >= 4 is 11.8 Å². The average molecular weight is 275 g/mol. The maximum atomic E-state index is 4.33. The number of hydrogen-bond acceptors (Lipinski definition) is 3. The van der Waals surface area contributed by atoms with Crippen molar-refractivity contribution in [3.8, 4) is 0 Å². The zero-order valence-electron chi connectivity index (χ0n) is 11.8. The van der Waals surface area contributed by atoms with Crippen molar-refractivity contribution in [1.29, 1.82) is 0 Å². The third-order valence-electron chi connectivity index (χ3n) is 2.93. The second kappa shape index (κ2) is 6.78. The minimum atomic E-state index is 0.525. The molecular formula is C15H21N3S. The van der Waals surface area contributed by atoms with Crippen LogP contribution in [0.3, 0.4) is 0 Å². The van der Waals surface area contributed by atoms with Crippen molar-refractivity contribution in [1.82, 2.24) is 14.9 Å². The molecule has 1 aromatic heterocycles. The highest BCUT2D eigenvalue weighted by Gasteiger charge is 2.01. The van der Waals surface area contributed by atoms with E-state index in [-0.39, 0.29) is 0 Å². The maximum absolute atomic E-state index is 4.33. The van der Waals surface area contributed by atoms with Gasteiger partial charge in [-0.3, -0.25) is 0 Å². The number of benzene rings is 1. The molecule has 1 heterocycles. The molecule has 0 unspecified atom stereocenters. The summed E-state index contributed by atoms with van der Waals surface area (Å²) in [5.41, 5.74) is 1.33. The van der Waals surface area contributed by atoms with Gasteiger partial charge in [0.15, 0.2) is 0 Å². The van der Waals surface area contributed by atoms with Crippen LogP contribution in [-0.2, 0) is 19.3 Å². The number of hydrogen-bond donors (Lipinski definition) is 1. The molecule has 1 aromatic carbocycles. The number of nitrogens with zero attached hydrogens (tertiary/aromatic N) is 2. The normalized spacial score (nSPS) is 11.2. The Balaban J connectivity index is 1.86. The monoisotopic (exact) mass is 275 g/mol. The molecule has 1 N–H and O–H groups in total. The number of rotatable bonds is 6. The van der Waals surface area contributed by atoms with E-state index in [1.165, 1.54) is 10.5 Å². The third kappa shape index (κ3) is 4.40. The van der Waals surface area contributed by atoms with Crippen molar-refractivity contribution in [2.24, 2.45) is 7.05 Å². The topological polar surface area (TPSA) is 29.9 Å². The van der Waals surface area contributed by atoms with Gasteiger partial charge in [0.2, 0.25) is 0 Å². The van der Waals surface area contributed by atoms with Gasteiger partial charge in [-0.2, -0.15) is 0 Å². The van der Waals surface area contributed by atoms with Crippen molar-refractivity contribution in [2.45, 2.75) is 37.1 Å². The van der Waals surface area contributed by atoms with Crippen molar-refractivity contribution in [3.63, 3.8) is 0 Å². The van der Waals surface area contributed by atoms with Gasteiger partial charge < -0.3 is 9.88 Å². The Labute approximate surface area is 119 Å². The largest absolute Gasteiger partial charge is 0.337 e. The average Bonchev–Trinajstić information content (AvgIpc) is 2.81. The number of imidazole rings is 1. The Morgan fingerprint density at radius 3 is 2.58 bits per heavy atom. The van der Waals surface area contributed by atoms with E-state index in [4.69, 9.17) is 0 Å². The van der Waals surface area contributed by atoms with Crippen LogP contribution in [0.15, 0.2) is 41.6 Å². The number of aryl methyl sites for hydroxylation is 1. The summed E-state index contributed by atoms with van der Waals surface area (Å²) in [6.45, 7) is 5.26. The van der Waals surface area contributed by atoms with Crippen LogP contribution in [0, 0.1) is 0 Å². The fraction of sp³-hybridized carbons (Fsp3) is 0.400. The molecule has 4 heteroatoms. The third-order valence-corrected chi connectivity index (χ3v) is 3.93. The van der Waals surface area contributed by atoms with Crippen molar-refractivity contribution in [3.05, 3.63) is 48.0 Å². The molecule has 0 bridgehead atoms. The molecule has 0 atom stereocenters. The molecule has 19 heavy (non-hydrogen) atoms. The van der Waals surface area contributed by atoms with E-state index in [0.29, 0.717) is 6.04 Å². The first-order valence-corrected chi connectivity index (χ1v) is 7.55. The minimum Gasteiger partial charge on any atom is -0.337 e. The Hall–Kier alpha value is -1.26. The van der Waals surface area contributed by atoms with E-state index < -0.39 is 0 Å². The highest BCUT2D eigenvalue weighted by atomic mass is 32.2. The van der Waals surface area contributed by atoms with Crippen molar-refractivity contribution in [2.75, 3.05) is 0 Å². The molecule has 0 aliphatic heterocycles. The van der Waals surface area contributed by atoms with E-state index in [0.717, 1.165) is 18.1 Å². The van der Waals surface area contributed by atoms with E-state index in [1.54, 1.807) is 0 Å². The predicted octanol–water partition coefficient (Wildman–Crippen LogP) is 3.21. The summed E-state index contributed by atoms with van der Waals surface area (Å²) in [5.74, 6) is 2.02. The Morgan fingerprint density at radius 2 is 2.00 bits per heavy atom. The maximum Gasteiger partial charge on any atom is 0.118 e. The Kier molecular flexibility index (Phi) is 5.05. The lowest BCUT2D eigenvalue weighted by atomic mass is 10.2. The summed E-state index contributed by atoms with van der Waals surface area (Å²) in [6, 6.07) is 9.28. The van der Waals surface area contributed by atoms with Crippen LogP contribution in [0.2, 0.25) is 0 Å². The molecule has 0 fully saturated rings. The summed E-state index contributed by atoms with van der Waals surface area (Å²) < 4.78 is 2.06. The van der Waals surface area contributed by atoms with E-state index >= 15 is 0 Å². The molecule has 0 radical (unpaired) electrons. The summed E-state index contributed by atoms with van der Waals surface area (Å²) in [4.78, 5) is 5.62. The van der Waals surface area contributed by atoms with Crippen LogP contribution >= 0.6 is 11.8 Å². The smallest absolute Gasteiger partial charge is 0.118 e. The molecule has 3 nitrogen and oxygen atoms in total. The SMILES string of the molecule is CC(C)NCc1ccc(SCc2nccn2C)cc1. The van der Waals surface area contributed by atoms with E-state index in [1.807, 2.05) is 31.2 Å². The molecule has 0 saturated heterocycles. The molecule has 0 spiro atoms. The molecule has 0 aliphatic rings. The van der Waals surface area contributed by atoms with E-state index in [2.05, 4.69) is 53.0 Å². The van der Waals surface area contributed by atoms with Crippen LogP contribution in [0.4, 0.5) is 0 Å². The van der Waals surface area contributed by atoms with Crippen LogP contribution in [0.1, 0.15) is 25.2 Å². The highest BCUT2D eigenvalue weighted by molar-refractivity contribution is 7.98. The van der Waals surface area contributed by atoms with Gasteiger partial charge in [0.25, 0.3) is 0 Å². The molecule has 0 amide bonds. The lowest BCUT2D eigenvalue weighted by molar-refractivity contribution is 0.588. The first-order valence-electron chi connectivity index (χ1n) is 6.56. The zero-order valence-corrected chi connectivity index (χ0v) is 12.6. The lowest BCUT2D eigenvalue weighted by Crippen LogP contribution is -2.21. The van der Waals surface area contributed by atoms with Gasteiger partial charge in [-0.1, -0.05) is 26.0 Å². The summed E-state index contributed by atoms with van der Waals surface area (Å²) in [7, 11) is 2.03. The van der Waals surface area contributed by atoms with Crippen LogP contribution < -0.4 is 5.32 Å². The van der Waals surface area contributed by atoms with Crippen LogP contribution in [-0.4, -0.2) is 15.6 Å². The van der Waals surface area contributed by atoms with Gasteiger partial charge >= 0.3 is 0 Å². The van der Waals surface area contributed by atoms with Gasteiger partial charge in [0, 0.05) is 36.9 Å². The van der Waals surface area contributed by atoms with Gasteiger partial charge in [0.05, 0.1) is 5.75 Å². The minimum absolute atomic E-state index is 0.525. The number of nitrogens with one attached hydrogen (secondary N) is 1. The fourth-order valence-electron chi connectivity index (χ4n) is 1.71. The van der Waals surface area contributed by atoms with Crippen LogP contribution in [0.25, 0.3) is 0 Å². The van der Waals surface area contributed by atoms with Gasteiger partial charge in [-0.05, 0) is 17.7 Å². The zero-order chi connectivity index (χ0) is 13.7. The first-order chi connectivity index (χ1) is 9.15.